The summed E-state index contributed by atoms with van der Waals surface area (Å²) >= 11 is 24.9. The van der Waals surface area contributed by atoms with Crippen LogP contribution in [0.3, 0.4) is 0 Å². The molecule has 0 heterocycles. The number of unbranched alkanes of at least 4 members (excludes halogenated alkanes) is 1. The van der Waals surface area contributed by atoms with Crippen molar-refractivity contribution in [3.05, 3.63) is 67.6 Å². The molecule has 0 unspecified atom stereocenters. The molecule has 31 heavy (non-hydrogen) atoms. The Hall–Kier alpha value is -1.46. The molecule has 0 fully saturated rings. The SMILES string of the molecule is CCCCNC(=O)[C@H](CC)N(Cc1ccc(Cl)cc1Cl)C(=O)Cc1c(Cl)cccc1Cl. The molecule has 0 aliphatic carbocycles. The van der Waals surface area contributed by atoms with Crippen molar-refractivity contribution >= 4 is 58.2 Å². The third-order valence-electron chi connectivity index (χ3n) is 4.96. The second-order valence-electron chi connectivity index (χ2n) is 7.20. The molecule has 0 saturated heterocycles. The lowest BCUT2D eigenvalue weighted by atomic mass is 10.1. The topological polar surface area (TPSA) is 49.4 Å². The quantitative estimate of drug-likeness (QED) is 0.373. The molecule has 4 nitrogen and oxygen atoms in total. The summed E-state index contributed by atoms with van der Waals surface area (Å²) in [7, 11) is 0. The second-order valence-corrected chi connectivity index (χ2v) is 8.86. The third-order valence-corrected chi connectivity index (χ3v) is 6.26. The van der Waals surface area contributed by atoms with Crippen LogP contribution in [0, 0.1) is 0 Å². The van der Waals surface area contributed by atoms with Gasteiger partial charge in [-0.2, -0.15) is 0 Å². The Morgan fingerprint density at radius 1 is 1.00 bits per heavy atom. The van der Waals surface area contributed by atoms with Crippen molar-refractivity contribution in [3.63, 3.8) is 0 Å². The molecule has 0 radical (unpaired) electrons. The number of benzene rings is 2. The first-order valence-corrected chi connectivity index (χ1v) is 11.7. The van der Waals surface area contributed by atoms with E-state index in [1.807, 2.05) is 6.92 Å². The molecule has 0 spiro atoms. The smallest absolute Gasteiger partial charge is 0.242 e. The number of hydrogen-bond acceptors (Lipinski definition) is 2. The fraction of sp³-hybridized carbons (Fsp3) is 0.391. The van der Waals surface area contributed by atoms with E-state index in [9.17, 15) is 9.59 Å². The Bertz CT molecular complexity index is 900. The molecule has 168 valence electrons. The number of nitrogens with zero attached hydrogens (tertiary/aromatic N) is 1. The van der Waals surface area contributed by atoms with Crippen molar-refractivity contribution in [1.82, 2.24) is 10.2 Å². The summed E-state index contributed by atoms with van der Waals surface area (Å²) in [6.45, 7) is 4.65. The molecule has 2 aromatic rings. The van der Waals surface area contributed by atoms with Gasteiger partial charge in [0.25, 0.3) is 0 Å². The van der Waals surface area contributed by atoms with Crippen LogP contribution in [0.1, 0.15) is 44.2 Å². The Balaban J connectivity index is 2.35. The van der Waals surface area contributed by atoms with Gasteiger partial charge in [-0.3, -0.25) is 9.59 Å². The summed E-state index contributed by atoms with van der Waals surface area (Å²) in [6, 6.07) is 9.52. The van der Waals surface area contributed by atoms with Gasteiger partial charge in [-0.05, 0) is 48.2 Å². The Morgan fingerprint density at radius 3 is 2.26 bits per heavy atom. The van der Waals surface area contributed by atoms with Gasteiger partial charge in [-0.25, -0.2) is 0 Å². The molecule has 8 heteroatoms. The zero-order valence-electron chi connectivity index (χ0n) is 17.6. The van der Waals surface area contributed by atoms with Crippen LogP contribution >= 0.6 is 46.4 Å². The minimum atomic E-state index is -0.655. The van der Waals surface area contributed by atoms with Gasteiger partial charge in [0.1, 0.15) is 6.04 Å². The molecule has 0 saturated carbocycles. The van der Waals surface area contributed by atoms with E-state index < -0.39 is 6.04 Å². The molecule has 2 aromatic carbocycles. The van der Waals surface area contributed by atoms with E-state index in [1.54, 1.807) is 36.4 Å². The van der Waals surface area contributed by atoms with E-state index in [0.717, 1.165) is 12.8 Å². The van der Waals surface area contributed by atoms with Gasteiger partial charge >= 0.3 is 0 Å². The second kappa shape index (κ2) is 12.5. The van der Waals surface area contributed by atoms with Crippen LogP contribution in [-0.2, 0) is 22.6 Å². The first-order valence-electron chi connectivity index (χ1n) is 10.2. The monoisotopic (exact) mass is 502 g/mol. The lowest BCUT2D eigenvalue weighted by Gasteiger charge is -2.31. The third kappa shape index (κ3) is 7.28. The van der Waals surface area contributed by atoms with E-state index in [2.05, 4.69) is 12.2 Å². The van der Waals surface area contributed by atoms with Crippen LogP contribution in [0.25, 0.3) is 0 Å². The molecule has 0 bridgehead atoms. The summed E-state index contributed by atoms with van der Waals surface area (Å²) in [5, 5.41) is 4.67. The maximum atomic E-state index is 13.4. The fourth-order valence-electron chi connectivity index (χ4n) is 3.21. The van der Waals surface area contributed by atoms with E-state index in [-0.39, 0.29) is 24.8 Å². The predicted octanol–water partition coefficient (Wildman–Crippen LogP) is 6.57. The van der Waals surface area contributed by atoms with Crippen molar-refractivity contribution < 1.29 is 9.59 Å². The number of nitrogens with one attached hydrogen (secondary N) is 1. The first-order chi connectivity index (χ1) is 14.8. The van der Waals surface area contributed by atoms with Gasteiger partial charge in [0.05, 0.1) is 6.42 Å². The summed E-state index contributed by atoms with van der Waals surface area (Å²) in [4.78, 5) is 27.8. The van der Waals surface area contributed by atoms with Crippen LogP contribution in [0.15, 0.2) is 36.4 Å². The first kappa shape index (κ1) is 25.8. The zero-order chi connectivity index (χ0) is 23.0. The van der Waals surface area contributed by atoms with E-state index >= 15 is 0 Å². The van der Waals surface area contributed by atoms with Gasteiger partial charge < -0.3 is 10.2 Å². The van der Waals surface area contributed by atoms with Gasteiger partial charge in [0, 0.05) is 33.2 Å². The van der Waals surface area contributed by atoms with Crippen LogP contribution in [0.2, 0.25) is 20.1 Å². The fourth-order valence-corrected chi connectivity index (χ4v) is 4.21. The van der Waals surface area contributed by atoms with Gasteiger partial charge in [-0.15, -0.1) is 0 Å². The largest absolute Gasteiger partial charge is 0.354 e. The van der Waals surface area contributed by atoms with Crippen molar-refractivity contribution in [2.75, 3.05) is 6.54 Å². The molecule has 0 aliphatic heterocycles. The highest BCUT2D eigenvalue weighted by molar-refractivity contribution is 6.36. The number of carbonyl (C=O) groups is 2. The minimum absolute atomic E-state index is 0.0253. The number of amides is 2. The number of carbonyl (C=O) groups excluding carboxylic acids is 2. The highest BCUT2D eigenvalue weighted by atomic mass is 35.5. The van der Waals surface area contributed by atoms with Crippen molar-refractivity contribution in [3.8, 4) is 0 Å². The van der Waals surface area contributed by atoms with Crippen molar-refractivity contribution in [2.45, 2.75) is 52.1 Å². The van der Waals surface area contributed by atoms with E-state index in [0.29, 0.717) is 44.2 Å². The highest BCUT2D eigenvalue weighted by Gasteiger charge is 2.29. The number of hydrogen-bond donors (Lipinski definition) is 1. The molecule has 1 N–H and O–H groups in total. The lowest BCUT2D eigenvalue weighted by Crippen LogP contribution is -2.49. The van der Waals surface area contributed by atoms with E-state index in [1.165, 1.54) is 4.90 Å². The van der Waals surface area contributed by atoms with Gasteiger partial charge in [-0.1, -0.05) is 78.8 Å². The average Bonchev–Trinajstić information content (AvgIpc) is 2.72. The summed E-state index contributed by atoms with van der Waals surface area (Å²) in [6.07, 6.45) is 2.26. The van der Waals surface area contributed by atoms with Crippen LogP contribution in [0.5, 0.6) is 0 Å². The Morgan fingerprint density at radius 2 is 1.68 bits per heavy atom. The molecule has 0 aromatic heterocycles. The number of halogens is 4. The lowest BCUT2D eigenvalue weighted by molar-refractivity contribution is -0.140. The zero-order valence-corrected chi connectivity index (χ0v) is 20.6. The maximum absolute atomic E-state index is 13.4. The molecule has 1 atom stereocenters. The van der Waals surface area contributed by atoms with E-state index in [4.69, 9.17) is 46.4 Å². The normalized spacial score (nSPS) is 11.8. The Kier molecular flexibility index (Phi) is 10.4. The van der Waals surface area contributed by atoms with Gasteiger partial charge in [0.2, 0.25) is 11.8 Å². The standard InChI is InChI=1S/C23H26Cl4N2O2/c1-3-5-11-28-23(31)21(4-2)29(14-15-9-10-16(24)12-20(15)27)22(30)13-17-18(25)7-6-8-19(17)26/h6-10,12,21H,3-5,11,13-14H2,1-2H3,(H,28,31)/t21-/m0/s1. The van der Waals surface area contributed by atoms with Crippen LogP contribution < -0.4 is 5.32 Å². The van der Waals surface area contributed by atoms with Crippen LogP contribution in [-0.4, -0.2) is 29.3 Å². The highest BCUT2D eigenvalue weighted by Crippen LogP contribution is 2.27. The molecular weight excluding hydrogens is 478 g/mol. The molecular formula is C23H26Cl4N2O2. The summed E-state index contributed by atoms with van der Waals surface area (Å²) in [5.41, 5.74) is 1.23. The molecule has 2 amide bonds. The average molecular weight is 504 g/mol. The molecule has 2 rings (SSSR count). The van der Waals surface area contributed by atoms with Crippen molar-refractivity contribution in [2.24, 2.45) is 0 Å². The summed E-state index contributed by atoms with van der Waals surface area (Å²) < 4.78 is 0. The number of rotatable bonds is 10. The Labute approximate surface area is 203 Å². The van der Waals surface area contributed by atoms with Crippen molar-refractivity contribution in [1.29, 1.82) is 0 Å². The minimum Gasteiger partial charge on any atom is -0.354 e. The maximum Gasteiger partial charge on any atom is 0.242 e. The summed E-state index contributed by atoms with van der Waals surface area (Å²) in [5.74, 6) is -0.460. The predicted molar refractivity (Wildman–Crippen MR) is 129 cm³/mol. The van der Waals surface area contributed by atoms with Crippen LogP contribution in [0.4, 0.5) is 0 Å². The van der Waals surface area contributed by atoms with Gasteiger partial charge in [0.15, 0.2) is 0 Å². The molecule has 0 aliphatic rings.